The lowest BCUT2D eigenvalue weighted by molar-refractivity contribution is -0.115. The molecule has 0 fully saturated rings. The maximum atomic E-state index is 12.9. The van der Waals surface area contributed by atoms with Crippen LogP contribution in [0.15, 0.2) is 29.6 Å². The number of carbonyl (C=O) groups excluding carboxylic acids is 1. The molecule has 3 aromatic rings. The summed E-state index contributed by atoms with van der Waals surface area (Å²) in [6.07, 6.45) is 1.59. The first-order valence-corrected chi connectivity index (χ1v) is 10.8. The van der Waals surface area contributed by atoms with Crippen molar-refractivity contribution < 1.29 is 4.79 Å². The fraction of sp³-hybridized carbons (Fsp3) is 0.381. The first-order chi connectivity index (χ1) is 12.8. The van der Waals surface area contributed by atoms with Crippen molar-refractivity contribution in [3.8, 4) is 0 Å². The summed E-state index contributed by atoms with van der Waals surface area (Å²) in [5, 5.41) is 4.83. The topological polar surface area (TPSA) is 54.9 Å². The van der Waals surface area contributed by atoms with Gasteiger partial charge in [-0.3, -0.25) is 4.79 Å². The SMILES string of the molecule is Cc1cccc(C(C)C)c1NC(=O)C(C)Sc1ncnc2sc(C)c(C)c12. The fourth-order valence-electron chi connectivity index (χ4n) is 3.03. The number of benzene rings is 1. The second kappa shape index (κ2) is 7.98. The van der Waals surface area contributed by atoms with E-state index in [0.717, 1.165) is 32.1 Å². The molecule has 1 aromatic carbocycles. The minimum Gasteiger partial charge on any atom is -0.325 e. The van der Waals surface area contributed by atoms with Crippen molar-refractivity contribution in [2.24, 2.45) is 0 Å². The van der Waals surface area contributed by atoms with Crippen molar-refractivity contribution in [3.63, 3.8) is 0 Å². The van der Waals surface area contributed by atoms with Crippen LogP contribution in [0.2, 0.25) is 0 Å². The molecule has 2 heterocycles. The lowest BCUT2D eigenvalue weighted by Gasteiger charge is -2.18. The Morgan fingerprint density at radius 1 is 1.15 bits per heavy atom. The number of thiophene rings is 1. The zero-order valence-corrected chi connectivity index (χ0v) is 18.2. The van der Waals surface area contributed by atoms with Crippen molar-refractivity contribution in [1.29, 1.82) is 0 Å². The summed E-state index contributed by atoms with van der Waals surface area (Å²) >= 11 is 3.16. The van der Waals surface area contributed by atoms with Crippen LogP contribution < -0.4 is 5.32 Å². The monoisotopic (exact) mass is 399 g/mol. The Bertz CT molecular complexity index is 995. The maximum absolute atomic E-state index is 12.9. The zero-order chi connectivity index (χ0) is 19.7. The van der Waals surface area contributed by atoms with Crippen molar-refractivity contribution >= 4 is 44.9 Å². The van der Waals surface area contributed by atoms with Crippen molar-refractivity contribution in [1.82, 2.24) is 9.97 Å². The highest BCUT2D eigenvalue weighted by Gasteiger charge is 2.21. The fourth-order valence-corrected chi connectivity index (χ4v) is 5.07. The van der Waals surface area contributed by atoms with Gasteiger partial charge in [-0.2, -0.15) is 0 Å². The number of amides is 1. The van der Waals surface area contributed by atoms with Crippen molar-refractivity contribution in [3.05, 3.63) is 46.1 Å². The summed E-state index contributed by atoms with van der Waals surface area (Å²) in [6.45, 7) is 12.4. The van der Waals surface area contributed by atoms with Gasteiger partial charge >= 0.3 is 0 Å². The molecule has 0 radical (unpaired) electrons. The summed E-state index contributed by atoms with van der Waals surface area (Å²) in [7, 11) is 0. The van der Waals surface area contributed by atoms with Gasteiger partial charge in [-0.15, -0.1) is 11.3 Å². The molecule has 0 aliphatic heterocycles. The number of para-hydroxylation sites is 1. The number of fused-ring (bicyclic) bond motifs is 1. The van der Waals surface area contributed by atoms with Crippen LogP contribution in [-0.2, 0) is 4.79 Å². The van der Waals surface area contributed by atoms with E-state index < -0.39 is 0 Å². The highest BCUT2D eigenvalue weighted by molar-refractivity contribution is 8.00. The molecule has 1 N–H and O–H groups in total. The normalized spacial score (nSPS) is 12.6. The molecule has 27 heavy (non-hydrogen) atoms. The Labute approximate surface area is 168 Å². The molecule has 0 saturated heterocycles. The number of carbonyl (C=O) groups is 1. The van der Waals surface area contributed by atoms with E-state index in [1.54, 1.807) is 17.7 Å². The van der Waals surface area contributed by atoms with Gasteiger partial charge in [0.15, 0.2) is 0 Å². The first kappa shape index (κ1) is 19.8. The average Bonchev–Trinajstić information content (AvgIpc) is 2.91. The number of rotatable bonds is 5. The molecule has 3 rings (SSSR count). The van der Waals surface area contributed by atoms with Crippen LogP contribution in [0.4, 0.5) is 5.69 Å². The third-order valence-corrected chi connectivity index (χ3v) is 6.98. The Morgan fingerprint density at radius 2 is 1.89 bits per heavy atom. The highest BCUT2D eigenvalue weighted by atomic mass is 32.2. The van der Waals surface area contributed by atoms with Crippen molar-refractivity contribution in [2.75, 3.05) is 5.32 Å². The van der Waals surface area contributed by atoms with E-state index in [2.05, 4.69) is 49.0 Å². The Balaban J connectivity index is 1.84. The summed E-state index contributed by atoms with van der Waals surface area (Å²) in [6, 6.07) is 6.15. The molecular weight excluding hydrogens is 374 g/mol. The van der Waals surface area contributed by atoms with Gasteiger partial charge < -0.3 is 5.32 Å². The molecule has 4 nitrogen and oxygen atoms in total. The number of thioether (sulfide) groups is 1. The van der Waals surface area contributed by atoms with Crippen LogP contribution in [0.5, 0.6) is 0 Å². The largest absolute Gasteiger partial charge is 0.325 e. The van der Waals surface area contributed by atoms with E-state index in [-0.39, 0.29) is 11.2 Å². The molecule has 2 aromatic heterocycles. The van der Waals surface area contributed by atoms with Crippen LogP contribution in [0.1, 0.15) is 48.3 Å². The second-order valence-corrected chi connectivity index (χ2v) is 9.62. The molecule has 6 heteroatoms. The number of aromatic nitrogens is 2. The molecular formula is C21H25N3OS2. The molecule has 1 unspecified atom stereocenters. The van der Waals surface area contributed by atoms with Crippen LogP contribution >= 0.6 is 23.1 Å². The molecule has 1 atom stereocenters. The van der Waals surface area contributed by atoms with Crippen molar-refractivity contribution in [2.45, 2.75) is 57.7 Å². The van der Waals surface area contributed by atoms with Gasteiger partial charge in [-0.05, 0) is 50.3 Å². The van der Waals surface area contributed by atoms with Gasteiger partial charge in [0.1, 0.15) is 16.2 Å². The zero-order valence-electron chi connectivity index (χ0n) is 16.6. The van der Waals surface area contributed by atoms with E-state index >= 15 is 0 Å². The van der Waals surface area contributed by atoms with E-state index in [9.17, 15) is 4.79 Å². The minimum atomic E-state index is -0.262. The summed E-state index contributed by atoms with van der Waals surface area (Å²) < 4.78 is 0. The smallest absolute Gasteiger partial charge is 0.237 e. The van der Waals surface area contributed by atoms with Crippen LogP contribution in [0.3, 0.4) is 0 Å². The number of aryl methyl sites for hydroxylation is 3. The highest BCUT2D eigenvalue weighted by Crippen LogP contribution is 2.36. The van der Waals surface area contributed by atoms with Crippen LogP contribution in [-0.4, -0.2) is 21.1 Å². The van der Waals surface area contributed by atoms with E-state index in [1.807, 2.05) is 26.0 Å². The Morgan fingerprint density at radius 3 is 2.59 bits per heavy atom. The van der Waals surface area contributed by atoms with Gasteiger partial charge in [0, 0.05) is 16.0 Å². The maximum Gasteiger partial charge on any atom is 0.237 e. The van der Waals surface area contributed by atoms with Crippen LogP contribution in [0, 0.1) is 20.8 Å². The van der Waals surface area contributed by atoms with Gasteiger partial charge in [0.05, 0.1) is 5.25 Å². The number of anilines is 1. The molecule has 142 valence electrons. The summed E-state index contributed by atoms with van der Waals surface area (Å²) in [5.41, 5.74) is 4.38. The quantitative estimate of drug-likeness (QED) is 0.431. The average molecular weight is 400 g/mol. The predicted molar refractivity (Wildman–Crippen MR) is 116 cm³/mol. The molecule has 0 aliphatic rings. The molecule has 0 saturated carbocycles. The van der Waals surface area contributed by atoms with Gasteiger partial charge in [-0.1, -0.05) is 43.8 Å². The van der Waals surface area contributed by atoms with Gasteiger partial charge in [0.2, 0.25) is 5.91 Å². The number of hydrogen-bond donors (Lipinski definition) is 1. The third kappa shape index (κ3) is 4.01. The predicted octanol–water partition coefficient (Wildman–Crippen LogP) is 5.86. The van der Waals surface area contributed by atoms with E-state index in [4.69, 9.17) is 0 Å². The number of nitrogens with one attached hydrogen (secondary N) is 1. The van der Waals surface area contributed by atoms with Crippen LogP contribution in [0.25, 0.3) is 10.2 Å². The second-order valence-electron chi connectivity index (χ2n) is 7.09. The third-order valence-electron chi connectivity index (χ3n) is 4.76. The van der Waals surface area contributed by atoms with Gasteiger partial charge in [0.25, 0.3) is 0 Å². The standard InChI is InChI=1S/C21H25N3OS2/c1-11(2)16-9-7-8-12(3)18(16)24-19(25)15(6)27-21-17-13(4)14(5)26-20(17)22-10-23-21/h7-11,15H,1-6H3,(H,24,25). The molecule has 0 spiro atoms. The van der Waals surface area contributed by atoms with E-state index in [1.165, 1.54) is 22.2 Å². The first-order valence-electron chi connectivity index (χ1n) is 9.07. The van der Waals surface area contributed by atoms with E-state index in [0.29, 0.717) is 5.92 Å². The van der Waals surface area contributed by atoms with Gasteiger partial charge in [-0.25, -0.2) is 9.97 Å². The lowest BCUT2D eigenvalue weighted by Crippen LogP contribution is -2.24. The minimum absolute atomic E-state index is 0.00688. The Kier molecular flexibility index (Phi) is 5.86. The molecule has 0 aliphatic carbocycles. The number of hydrogen-bond acceptors (Lipinski definition) is 5. The molecule has 1 amide bonds. The summed E-state index contributed by atoms with van der Waals surface area (Å²) in [4.78, 5) is 24.0. The summed E-state index contributed by atoms with van der Waals surface area (Å²) in [5.74, 6) is 0.341. The molecule has 0 bridgehead atoms. The lowest BCUT2D eigenvalue weighted by atomic mass is 9.98. The Hall–Kier alpha value is -1.92. The number of nitrogens with zero attached hydrogens (tertiary/aromatic N) is 2.